The molecular formula is C16H18ClF3N4O2. The summed E-state index contributed by atoms with van der Waals surface area (Å²) in [4.78, 5) is 12.2. The summed E-state index contributed by atoms with van der Waals surface area (Å²) >= 11 is 6.19. The number of nitrogens with one attached hydrogen (secondary N) is 2. The Labute approximate surface area is 152 Å². The van der Waals surface area contributed by atoms with Gasteiger partial charge in [0.1, 0.15) is 16.6 Å². The average Bonchev–Trinajstić information content (AvgIpc) is 3.22. The molecule has 0 saturated heterocycles. The highest BCUT2D eigenvalue weighted by Crippen LogP contribution is 2.46. The van der Waals surface area contributed by atoms with Crippen molar-refractivity contribution < 1.29 is 22.4 Å². The summed E-state index contributed by atoms with van der Waals surface area (Å²) in [5.74, 6) is -0.276. The minimum absolute atomic E-state index is 0.0396. The molecule has 10 heteroatoms. The van der Waals surface area contributed by atoms with Crippen molar-refractivity contribution in [1.29, 1.82) is 0 Å². The SMILES string of the molecule is CCCCNC(=O)c1nn2c(c1Cl)N[C@H](c1ccco1)C[C@@H]2C(F)(F)F. The fourth-order valence-electron chi connectivity index (χ4n) is 2.87. The first-order valence-electron chi connectivity index (χ1n) is 8.25. The third-order valence-electron chi connectivity index (χ3n) is 4.21. The molecule has 0 unspecified atom stereocenters. The maximum absolute atomic E-state index is 13.6. The number of aromatic nitrogens is 2. The number of furan rings is 1. The van der Waals surface area contributed by atoms with Crippen LogP contribution in [0.3, 0.4) is 0 Å². The summed E-state index contributed by atoms with van der Waals surface area (Å²) in [6.07, 6.45) is -1.86. The fraction of sp³-hybridized carbons (Fsp3) is 0.500. The lowest BCUT2D eigenvalue weighted by Gasteiger charge is -2.32. The topological polar surface area (TPSA) is 72.1 Å². The summed E-state index contributed by atoms with van der Waals surface area (Å²) < 4.78 is 46.7. The van der Waals surface area contributed by atoms with Gasteiger partial charge in [-0.3, -0.25) is 4.79 Å². The molecule has 0 aromatic carbocycles. The second-order valence-electron chi connectivity index (χ2n) is 6.07. The van der Waals surface area contributed by atoms with Crippen molar-refractivity contribution >= 4 is 23.3 Å². The van der Waals surface area contributed by atoms with Gasteiger partial charge >= 0.3 is 6.18 Å². The average molecular weight is 391 g/mol. The van der Waals surface area contributed by atoms with Gasteiger partial charge in [0.2, 0.25) is 0 Å². The Kier molecular flexibility index (Phi) is 5.17. The highest BCUT2D eigenvalue weighted by atomic mass is 35.5. The van der Waals surface area contributed by atoms with Crippen LogP contribution in [0.2, 0.25) is 5.02 Å². The lowest BCUT2D eigenvalue weighted by atomic mass is 10.0. The van der Waals surface area contributed by atoms with Crippen molar-refractivity contribution in [3.05, 3.63) is 34.9 Å². The van der Waals surface area contributed by atoms with Gasteiger partial charge in [-0.15, -0.1) is 0 Å². The van der Waals surface area contributed by atoms with Gasteiger partial charge in [0, 0.05) is 13.0 Å². The Morgan fingerprint density at radius 3 is 2.92 bits per heavy atom. The van der Waals surface area contributed by atoms with Gasteiger partial charge in [-0.25, -0.2) is 4.68 Å². The predicted octanol–water partition coefficient (Wildman–Crippen LogP) is 4.32. The number of rotatable bonds is 5. The van der Waals surface area contributed by atoms with Crippen molar-refractivity contribution in [2.24, 2.45) is 0 Å². The summed E-state index contributed by atoms with van der Waals surface area (Å²) in [6, 6.07) is 0.543. The van der Waals surface area contributed by atoms with Crippen LogP contribution in [0.25, 0.3) is 0 Å². The van der Waals surface area contributed by atoms with Gasteiger partial charge in [-0.1, -0.05) is 24.9 Å². The van der Waals surface area contributed by atoms with E-state index >= 15 is 0 Å². The molecule has 0 aliphatic carbocycles. The summed E-state index contributed by atoms with van der Waals surface area (Å²) in [5.41, 5.74) is -0.223. The van der Waals surface area contributed by atoms with E-state index in [4.69, 9.17) is 16.0 Å². The van der Waals surface area contributed by atoms with Crippen molar-refractivity contribution in [2.75, 3.05) is 11.9 Å². The monoisotopic (exact) mass is 390 g/mol. The van der Waals surface area contributed by atoms with Gasteiger partial charge in [0.15, 0.2) is 11.7 Å². The molecule has 2 atom stereocenters. The molecule has 142 valence electrons. The quantitative estimate of drug-likeness (QED) is 0.746. The molecule has 0 radical (unpaired) electrons. The van der Waals surface area contributed by atoms with Gasteiger partial charge < -0.3 is 15.1 Å². The lowest BCUT2D eigenvalue weighted by Crippen LogP contribution is -2.35. The van der Waals surface area contributed by atoms with E-state index < -0.39 is 24.2 Å². The number of carbonyl (C=O) groups excluding carboxylic acids is 1. The van der Waals surface area contributed by atoms with Gasteiger partial charge in [-0.05, 0) is 18.6 Å². The fourth-order valence-corrected chi connectivity index (χ4v) is 3.14. The number of hydrogen-bond acceptors (Lipinski definition) is 4. The van der Waals surface area contributed by atoms with Crippen molar-refractivity contribution in [3.8, 4) is 0 Å². The van der Waals surface area contributed by atoms with E-state index in [-0.39, 0.29) is 23.0 Å². The molecule has 2 aromatic heterocycles. The first-order chi connectivity index (χ1) is 12.3. The van der Waals surface area contributed by atoms with E-state index in [1.54, 1.807) is 12.1 Å². The summed E-state index contributed by atoms with van der Waals surface area (Å²) in [6.45, 7) is 2.36. The predicted molar refractivity (Wildman–Crippen MR) is 89.3 cm³/mol. The molecule has 3 heterocycles. The van der Waals surface area contributed by atoms with Gasteiger partial charge in [-0.2, -0.15) is 18.3 Å². The Morgan fingerprint density at radius 2 is 2.31 bits per heavy atom. The molecular weight excluding hydrogens is 373 g/mol. The molecule has 1 aliphatic heterocycles. The number of amides is 1. The van der Waals surface area contributed by atoms with Crippen LogP contribution >= 0.6 is 11.6 Å². The number of hydrogen-bond donors (Lipinski definition) is 2. The number of halogens is 4. The molecule has 26 heavy (non-hydrogen) atoms. The number of anilines is 1. The molecule has 1 aliphatic rings. The molecule has 0 fully saturated rings. The van der Waals surface area contributed by atoms with Crippen molar-refractivity contribution in [1.82, 2.24) is 15.1 Å². The molecule has 0 spiro atoms. The maximum Gasteiger partial charge on any atom is 0.410 e. The Hall–Kier alpha value is -2.16. The van der Waals surface area contributed by atoms with E-state index in [9.17, 15) is 18.0 Å². The van der Waals surface area contributed by atoms with Crippen LogP contribution in [0.1, 0.15) is 54.5 Å². The zero-order valence-electron chi connectivity index (χ0n) is 13.9. The molecule has 1 amide bonds. The normalized spacial score (nSPS) is 19.7. The Balaban J connectivity index is 1.95. The first kappa shape index (κ1) is 18.6. The lowest BCUT2D eigenvalue weighted by molar-refractivity contribution is -0.174. The van der Waals surface area contributed by atoms with Crippen LogP contribution < -0.4 is 10.6 Å². The highest BCUT2D eigenvalue weighted by Gasteiger charge is 2.48. The smallest absolute Gasteiger partial charge is 0.410 e. The number of alkyl halides is 3. The van der Waals surface area contributed by atoms with Gasteiger partial charge in [0.05, 0.1) is 12.3 Å². The van der Waals surface area contributed by atoms with Crippen LogP contribution in [-0.2, 0) is 0 Å². The zero-order valence-corrected chi connectivity index (χ0v) is 14.7. The molecule has 0 saturated carbocycles. The second kappa shape index (κ2) is 7.22. The Bertz CT molecular complexity index is 773. The third-order valence-corrected chi connectivity index (χ3v) is 4.57. The minimum Gasteiger partial charge on any atom is -0.467 e. The van der Waals surface area contributed by atoms with E-state index in [1.807, 2.05) is 6.92 Å². The largest absolute Gasteiger partial charge is 0.467 e. The third kappa shape index (κ3) is 3.53. The number of carbonyl (C=O) groups is 1. The van der Waals surface area contributed by atoms with Crippen molar-refractivity contribution in [3.63, 3.8) is 0 Å². The molecule has 2 N–H and O–H groups in total. The van der Waals surface area contributed by atoms with Gasteiger partial charge in [0.25, 0.3) is 5.91 Å². The number of fused-ring (bicyclic) bond motifs is 1. The van der Waals surface area contributed by atoms with Crippen LogP contribution in [-0.4, -0.2) is 28.4 Å². The molecule has 3 rings (SSSR count). The van der Waals surface area contributed by atoms with Crippen LogP contribution in [0.15, 0.2) is 22.8 Å². The van der Waals surface area contributed by atoms with E-state index in [0.29, 0.717) is 12.3 Å². The van der Waals surface area contributed by atoms with E-state index in [0.717, 1.165) is 17.5 Å². The second-order valence-corrected chi connectivity index (χ2v) is 6.45. The van der Waals surface area contributed by atoms with Crippen LogP contribution in [0.5, 0.6) is 0 Å². The zero-order chi connectivity index (χ0) is 18.9. The van der Waals surface area contributed by atoms with E-state index in [1.165, 1.54) is 6.26 Å². The highest BCUT2D eigenvalue weighted by molar-refractivity contribution is 6.36. The van der Waals surface area contributed by atoms with Crippen LogP contribution in [0.4, 0.5) is 19.0 Å². The maximum atomic E-state index is 13.6. The number of nitrogens with zero attached hydrogens (tertiary/aromatic N) is 2. The standard InChI is InChI=1S/C16H18ClF3N4O2/c1-2-3-6-21-15(25)13-12(17)14-22-9(10-5-4-7-26-10)8-11(16(18,19)20)24(14)23-13/h4-5,7,9,11,22H,2-3,6,8H2,1H3,(H,21,25)/t9-,11+/m0/s1. The molecule has 6 nitrogen and oxygen atoms in total. The number of unbranched alkanes of at least 4 members (excludes halogenated alkanes) is 1. The Morgan fingerprint density at radius 1 is 1.54 bits per heavy atom. The summed E-state index contributed by atoms with van der Waals surface area (Å²) in [7, 11) is 0. The van der Waals surface area contributed by atoms with Crippen LogP contribution in [0, 0.1) is 0 Å². The van der Waals surface area contributed by atoms with E-state index in [2.05, 4.69) is 15.7 Å². The molecule has 2 aromatic rings. The first-order valence-corrected chi connectivity index (χ1v) is 8.63. The summed E-state index contributed by atoms with van der Waals surface area (Å²) in [5, 5.41) is 9.24. The minimum atomic E-state index is -4.55. The molecule has 0 bridgehead atoms. The van der Waals surface area contributed by atoms with Crippen molar-refractivity contribution in [2.45, 2.75) is 44.4 Å².